The van der Waals surface area contributed by atoms with Crippen molar-refractivity contribution < 1.29 is 21.9 Å². The first-order valence-corrected chi connectivity index (χ1v) is 11.4. The highest BCUT2D eigenvalue weighted by Gasteiger charge is 2.24. The Labute approximate surface area is 192 Å². The first-order chi connectivity index (χ1) is 14.7. The molecule has 6 rings (SSSR count). The fourth-order valence-electron chi connectivity index (χ4n) is 4.69. The summed E-state index contributed by atoms with van der Waals surface area (Å²) in [6, 6.07) is 17.2. The van der Waals surface area contributed by atoms with Crippen LogP contribution in [0.1, 0.15) is 29.3 Å². The topological polar surface area (TPSA) is 31.4 Å². The molecule has 0 N–H and O–H groups in total. The van der Waals surface area contributed by atoms with Crippen LogP contribution in [0.2, 0.25) is 0 Å². The third kappa shape index (κ3) is 3.48. The van der Waals surface area contributed by atoms with Crippen LogP contribution in [-0.4, -0.2) is 11.8 Å². The zero-order valence-electron chi connectivity index (χ0n) is 17.6. The molecule has 2 aromatic heterocycles. The number of aromatic nitrogens is 1. The highest BCUT2D eigenvalue weighted by atomic mass is 35.5. The molecule has 4 aromatic rings. The Kier molecular flexibility index (Phi) is 5.15. The molecule has 3 heterocycles. The standard InChI is InChI=1S/C26H23NO2S.ClH/c1-15-4-3-5-17(10-15)20-13-21(18-7-9-22-23(12-18)29-14-28-22)27-26-25(20)19-8-6-16(2)11-24(19)30-26;/h3-5,7,9-10,12-13,16H,6,8,11,14H2,1-2H3;1H/p-1. The summed E-state index contributed by atoms with van der Waals surface area (Å²) in [5.74, 6) is 2.35. The summed E-state index contributed by atoms with van der Waals surface area (Å²) in [6.07, 6.45) is 3.58. The Morgan fingerprint density at radius 3 is 2.74 bits per heavy atom. The summed E-state index contributed by atoms with van der Waals surface area (Å²) in [6.45, 7) is 4.81. The van der Waals surface area contributed by atoms with Crippen LogP contribution in [0.5, 0.6) is 11.5 Å². The van der Waals surface area contributed by atoms with Crippen molar-refractivity contribution in [3.8, 4) is 33.9 Å². The van der Waals surface area contributed by atoms with Crippen LogP contribution in [-0.2, 0) is 12.8 Å². The van der Waals surface area contributed by atoms with Crippen molar-refractivity contribution in [3.63, 3.8) is 0 Å². The molecule has 31 heavy (non-hydrogen) atoms. The zero-order valence-corrected chi connectivity index (χ0v) is 19.1. The fraction of sp³-hybridized carbons (Fsp3) is 0.269. The minimum Gasteiger partial charge on any atom is -1.00 e. The lowest BCUT2D eigenvalue weighted by atomic mass is 9.87. The van der Waals surface area contributed by atoms with Crippen LogP contribution in [0.25, 0.3) is 32.6 Å². The number of halogens is 1. The van der Waals surface area contributed by atoms with Gasteiger partial charge in [-0.05, 0) is 73.1 Å². The van der Waals surface area contributed by atoms with Gasteiger partial charge in [-0.2, -0.15) is 0 Å². The molecular formula is C26H23ClNO2S-. The van der Waals surface area contributed by atoms with Crippen LogP contribution >= 0.6 is 11.3 Å². The molecule has 0 amide bonds. The maximum Gasteiger partial charge on any atom is 0.231 e. The molecule has 3 nitrogen and oxygen atoms in total. The van der Waals surface area contributed by atoms with Gasteiger partial charge < -0.3 is 21.9 Å². The van der Waals surface area contributed by atoms with Gasteiger partial charge in [-0.25, -0.2) is 4.98 Å². The third-order valence-electron chi connectivity index (χ3n) is 6.26. The van der Waals surface area contributed by atoms with E-state index in [1.807, 2.05) is 23.5 Å². The Morgan fingerprint density at radius 1 is 1.00 bits per heavy atom. The van der Waals surface area contributed by atoms with Gasteiger partial charge in [0.2, 0.25) is 6.79 Å². The average Bonchev–Trinajstić information content (AvgIpc) is 3.36. The van der Waals surface area contributed by atoms with Crippen LogP contribution in [0, 0.1) is 12.8 Å². The minimum absolute atomic E-state index is 0. The highest BCUT2D eigenvalue weighted by molar-refractivity contribution is 7.19. The molecule has 0 fully saturated rings. The summed E-state index contributed by atoms with van der Waals surface area (Å²) in [4.78, 5) is 7.81. The van der Waals surface area contributed by atoms with E-state index in [9.17, 15) is 0 Å². The number of aryl methyl sites for hydroxylation is 2. The predicted octanol–water partition coefficient (Wildman–Crippen LogP) is 3.80. The van der Waals surface area contributed by atoms with E-state index in [-0.39, 0.29) is 19.2 Å². The normalized spacial score (nSPS) is 16.8. The van der Waals surface area contributed by atoms with Gasteiger partial charge in [-0.3, -0.25) is 0 Å². The SMILES string of the molecule is Cc1cccc(-c2cc(-c3ccc4c(c3)OCO4)nc3sc4c(c23)CCC(C)C4)c1.[Cl-]. The maximum atomic E-state index is 5.61. The predicted molar refractivity (Wildman–Crippen MR) is 123 cm³/mol. The van der Waals surface area contributed by atoms with Crippen molar-refractivity contribution in [2.75, 3.05) is 6.79 Å². The molecule has 0 saturated carbocycles. The van der Waals surface area contributed by atoms with Crippen LogP contribution in [0.15, 0.2) is 48.5 Å². The summed E-state index contributed by atoms with van der Waals surface area (Å²) >= 11 is 1.88. The first kappa shape index (κ1) is 20.3. The number of pyridine rings is 1. The lowest BCUT2D eigenvalue weighted by Gasteiger charge is -2.18. The van der Waals surface area contributed by atoms with Gasteiger partial charge in [-0.1, -0.05) is 36.8 Å². The first-order valence-electron chi connectivity index (χ1n) is 10.6. The Bertz CT molecular complexity index is 1300. The number of nitrogens with zero attached hydrogens (tertiary/aromatic N) is 1. The van der Waals surface area contributed by atoms with E-state index in [0.717, 1.165) is 39.9 Å². The number of ether oxygens (including phenoxy) is 2. The second kappa shape index (κ2) is 7.85. The largest absolute Gasteiger partial charge is 1.00 e. The van der Waals surface area contributed by atoms with Gasteiger partial charge in [0, 0.05) is 15.8 Å². The maximum absolute atomic E-state index is 5.61. The number of thiophene rings is 1. The van der Waals surface area contributed by atoms with Crippen molar-refractivity contribution in [1.29, 1.82) is 0 Å². The van der Waals surface area contributed by atoms with Gasteiger partial charge in [0.15, 0.2) is 11.5 Å². The quantitative estimate of drug-likeness (QED) is 0.467. The minimum atomic E-state index is 0. The average molecular weight is 449 g/mol. The van der Waals surface area contributed by atoms with E-state index in [1.54, 1.807) is 0 Å². The van der Waals surface area contributed by atoms with Gasteiger partial charge in [-0.15, -0.1) is 11.3 Å². The van der Waals surface area contributed by atoms with Crippen molar-refractivity contribution in [1.82, 2.24) is 4.98 Å². The van der Waals surface area contributed by atoms with Crippen LogP contribution in [0.4, 0.5) is 0 Å². The second-order valence-electron chi connectivity index (χ2n) is 8.52. The number of fused-ring (bicyclic) bond motifs is 4. The molecule has 0 bridgehead atoms. The number of benzene rings is 2. The number of hydrogen-bond donors (Lipinski definition) is 0. The molecule has 1 unspecified atom stereocenters. The molecule has 158 valence electrons. The van der Waals surface area contributed by atoms with Crippen molar-refractivity contribution in [2.45, 2.75) is 33.1 Å². The van der Waals surface area contributed by atoms with E-state index in [1.165, 1.54) is 45.4 Å². The Morgan fingerprint density at radius 2 is 1.87 bits per heavy atom. The van der Waals surface area contributed by atoms with E-state index in [4.69, 9.17) is 14.5 Å². The van der Waals surface area contributed by atoms with Gasteiger partial charge in [0.1, 0.15) is 4.83 Å². The van der Waals surface area contributed by atoms with E-state index in [0.29, 0.717) is 0 Å². The lowest BCUT2D eigenvalue weighted by Crippen LogP contribution is -3.00. The van der Waals surface area contributed by atoms with E-state index >= 15 is 0 Å². The monoisotopic (exact) mass is 448 g/mol. The van der Waals surface area contributed by atoms with Crippen LogP contribution in [0.3, 0.4) is 0 Å². The van der Waals surface area contributed by atoms with Gasteiger partial charge in [0.05, 0.1) is 5.69 Å². The summed E-state index contributed by atoms with van der Waals surface area (Å²) in [5.41, 5.74) is 7.42. The molecule has 5 heteroatoms. The van der Waals surface area contributed by atoms with Gasteiger partial charge in [0.25, 0.3) is 0 Å². The van der Waals surface area contributed by atoms with Crippen LogP contribution < -0.4 is 21.9 Å². The molecule has 1 atom stereocenters. The third-order valence-corrected chi connectivity index (χ3v) is 7.41. The summed E-state index contributed by atoms with van der Waals surface area (Å²) < 4.78 is 11.1. The Hall–Kier alpha value is -2.56. The smallest absolute Gasteiger partial charge is 0.231 e. The fourth-order valence-corrected chi connectivity index (χ4v) is 6.10. The van der Waals surface area contributed by atoms with E-state index < -0.39 is 0 Å². The molecule has 0 radical (unpaired) electrons. The molecule has 2 aromatic carbocycles. The van der Waals surface area contributed by atoms with Crippen molar-refractivity contribution in [2.24, 2.45) is 5.92 Å². The molecular weight excluding hydrogens is 426 g/mol. The lowest BCUT2D eigenvalue weighted by molar-refractivity contribution is -0.00000753. The second-order valence-corrected chi connectivity index (χ2v) is 9.61. The zero-order chi connectivity index (χ0) is 20.2. The van der Waals surface area contributed by atoms with Crippen molar-refractivity contribution in [3.05, 3.63) is 64.5 Å². The Balaban J connectivity index is 0.00000204. The number of rotatable bonds is 2. The highest BCUT2D eigenvalue weighted by Crippen LogP contribution is 2.44. The van der Waals surface area contributed by atoms with Gasteiger partial charge >= 0.3 is 0 Å². The van der Waals surface area contributed by atoms with Crippen molar-refractivity contribution >= 4 is 21.6 Å². The molecule has 1 aliphatic carbocycles. The summed E-state index contributed by atoms with van der Waals surface area (Å²) in [5, 5.41) is 1.36. The summed E-state index contributed by atoms with van der Waals surface area (Å²) in [7, 11) is 0. The van der Waals surface area contributed by atoms with E-state index in [2.05, 4.69) is 50.2 Å². The molecule has 0 saturated heterocycles. The molecule has 0 spiro atoms. The molecule has 2 aliphatic rings. The molecule has 1 aliphatic heterocycles. The number of hydrogen-bond acceptors (Lipinski definition) is 4.